The second-order valence-corrected chi connectivity index (χ2v) is 13.3. The Bertz CT molecular complexity index is 1070. The van der Waals surface area contributed by atoms with Crippen LogP contribution < -0.4 is 9.09 Å². The van der Waals surface area contributed by atoms with Crippen molar-refractivity contribution < 1.29 is 33.3 Å². The van der Waals surface area contributed by atoms with Crippen LogP contribution in [0.3, 0.4) is 0 Å². The molecule has 1 aromatic rings. The number of morpholine rings is 1. The van der Waals surface area contributed by atoms with E-state index in [2.05, 4.69) is 4.90 Å². The molecule has 2 aliphatic heterocycles. The van der Waals surface area contributed by atoms with Gasteiger partial charge in [0.05, 0.1) is 13.2 Å². The van der Waals surface area contributed by atoms with Gasteiger partial charge in [-0.1, -0.05) is 0 Å². The number of ether oxygens (including phenoxy) is 4. The van der Waals surface area contributed by atoms with Crippen molar-refractivity contribution in [3.8, 4) is 5.75 Å². The third-order valence-corrected chi connectivity index (χ3v) is 10.3. The maximum atomic E-state index is 12.7. The Morgan fingerprint density at radius 2 is 1.89 bits per heavy atom. The summed E-state index contributed by atoms with van der Waals surface area (Å²) in [6, 6.07) is 0. The van der Waals surface area contributed by atoms with E-state index in [1.54, 1.807) is 0 Å². The number of hydrogen-bond acceptors (Lipinski definition) is 8. The van der Waals surface area contributed by atoms with Gasteiger partial charge in [-0.05, 0) is 0 Å². The number of benzene rings is 1. The predicted octanol–water partition coefficient (Wildman–Crippen LogP) is 3.04. The van der Waals surface area contributed by atoms with Gasteiger partial charge in [0, 0.05) is 13.1 Å². The molecule has 0 spiro atoms. The molecule has 3 rings (SSSR count). The zero-order valence-electron chi connectivity index (χ0n) is 21.0. The van der Waals surface area contributed by atoms with Crippen LogP contribution in [0.4, 0.5) is 0 Å². The van der Waals surface area contributed by atoms with Gasteiger partial charge >= 0.3 is 208 Å². The number of carbonyl (C=O) groups is 3. The Balaban J connectivity index is 1.71. The number of methoxy groups -OCH3 is 1. The molecule has 0 aliphatic carbocycles. The molecule has 0 atom stereocenters. The van der Waals surface area contributed by atoms with Crippen molar-refractivity contribution in [2.75, 3.05) is 46.6 Å². The van der Waals surface area contributed by atoms with E-state index in [9.17, 15) is 14.4 Å². The quantitative estimate of drug-likeness (QED) is 0.158. The number of rotatable bonds is 11. The summed E-state index contributed by atoms with van der Waals surface area (Å²) >= 11 is 16.2. The Morgan fingerprint density at radius 3 is 2.54 bits per heavy atom. The molecule has 0 unspecified atom stereocenters. The van der Waals surface area contributed by atoms with Gasteiger partial charge in [0.25, 0.3) is 0 Å². The molecule has 0 amide bonds. The number of halogens is 3. The van der Waals surface area contributed by atoms with Crippen LogP contribution in [0.2, 0.25) is 0 Å². The number of hydrogen-bond donors (Lipinski definition) is 0. The minimum atomic E-state index is -2.08. The fourth-order valence-electron chi connectivity index (χ4n) is 4.18. The van der Waals surface area contributed by atoms with E-state index in [1.165, 1.54) is 7.11 Å². The summed E-state index contributed by atoms with van der Waals surface area (Å²) in [4.78, 5) is 39.7. The summed E-state index contributed by atoms with van der Waals surface area (Å²) < 4.78 is 19.5. The molecule has 0 saturated carbocycles. The number of fused-ring (bicyclic) bond motifs is 1. The first-order valence-corrected chi connectivity index (χ1v) is 14.9. The summed E-state index contributed by atoms with van der Waals surface area (Å²) in [5.41, 5.74) is 3.48. The number of cyclic esters (lactones) is 1. The standard InChI is InChI=1S/C25H30AsCl3NO7/c1-15(5-7-19(31)36-13-10-30-8-11-35-12-9-30)4-6-17-21(26-24(33)25(27,28)29)20-18(14-37-23(20)32)16(2)22(17)34-3/h4H,5-14H2,1-3H3/b15-4+. The van der Waals surface area contributed by atoms with Crippen molar-refractivity contribution in [1.29, 1.82) is 0 Å². The fourth-order valence-corrected chi connectivity index (χ4v) is 6.93. The molecule has 1 fully saturated rings. The van der Waals surface area contributed by atoms with Gasteiger partial charge in [0.15, 0.2) is 0 Å². The third kappa shape index (κ3) is 8.10. The van der Waals surface area contributed by atoms with Crippen molar-refractivity contribution in [2.24, 2.45) is 0 Å². The number of esters is 2. The topological polar surface area (TPSA) is 91.4 Å². The molecule has 2 aliphatic rings. The monoisotopic (exact) mass is 636 g/mol. The molecule has 0 N–H and O–H groups in total. The first-order chi connectivity index (χ1) is 17.5. The van der Waals surface area contributed by atoms with E-state index in [4.69, 9.17) is 53.8 Å². The van der Waals surface area contributed by atoms with Crippen LogP contribution in [0.25, 0.3) is 0 Å². The van der Waals surface area contributed by atoms with Crippen LogP contribution in [0.15, 0.2) is 11.6 Å². The second kappa shape index (κ2) is 13.7. The van der Waals surface area contributed by atoms with Crippen molar-refractivity contribution >= 4 is 71.4 Å². The SMILES string of the molecule is COc1c(C)c2c(c([As]C(=O)C(Cl)(Cl)Cl)c1C/C=C(\C)CCC(=O)OCCN1CCOCC1)C(=O)OC2. The summed E-state index contributed by atoms with van der Waals surface area (Å²) in [6.45, 7) is 8.03. The number of carbonyl (C=O) groups excluding carboxylic acids is 3. The van der Waals surface area contributed by atoms with Crippen molar-refractivity contribution in [3.05, 3.63) is 33.9 Å². The van der Waals surface area contributed by atoms with Gasteiger partial charge < -0.3 is 4.74 Å². The molecule has 1 saturated heterocycles. The van der Waals surface area contributed by atoms with Crippen LogP contribution in [0, 0.1) is 6.92 Å². The normalized spacial score (nSPS) is 16.7. The molecule has 0 bridgehead atoms. The summed E-state index contributed by atoms with van der Waals surface area (Å²) in [7, 11) is 1.54. The third-order valence-electron chi connectivity index (χ3n) is 6.26. The second-order valence-electron chi connectivity index (χ2n) is 8.76. The van der Waals surface area contributed by atoms with Gasteiger partial charge in [-0.2, -0.15) is 0 Å². The fraction of sp³-hybridized carbons (Fsp3) is 0.560. The van der Waals surface area contributed by atoms with E-state index in [0.717, 1.165) is 24.2 Å². The van der Waals surface area contributed by atoms with E-state index >= 15 is 0 Å². The average molecular weight is 638 g/mol. The molecule has 1 aromatic carbocycles. The Labute approximate surface area is 238 Å². The minimum absolute atomic E-state index is 0.106. The number of alkyl halides is 3. The first kappa shape index (κ1) is 30.3. The van der Waals surface area contributed by atoms with Gasteiger partial charge in [0.2, 0.25) is 0 Å². The predicted molar refractivity (Wildman–Crippen MR) is 142 cm³/mol. The van der Waals surface area contributed by atoms with Crippen LogP contribution in [0.5, 0.6) is 5.75 Å². The molecule has 8 nitrogen and oxygen atoms in total. The van der Waals surface area contributed by atoms with Gasteiger partial charge in [-0.25, -0.2) is 0 Å². The zero-order chi connectivity index (χ0) is 27.2. The van der Waals surface area contributed by atoms with Crippen LogP contribution >= 0.6 is 34.8 Å². The molecule has 12 heteroatoms. The van der Waals surface area contributed by atoms with Crippen molar-refractivity contribution in [2.45, 2.75) is 43.5 Å². The summed E-state index contributed by atoms with van der Waals surface area (Å²) in [6.07, 6.45) is 3.10. The molecule has 2 heterocycles. The Hall–Kier alpha value is -1.28. The van der Waals surface area contributed by atoms with Crippen LogP contribution in [-0.2, 0) is 36.8 Å². The zero-order valence-corrected chi connectivity index (χ0v) is 25.2. The summed E-state index contributed by atoms with van der Waals surface area (Å²) in [5.74, 6) is -0.176. The molecular formula is C25H30AsCl3NO7. The molecule has 1 radical (unpaired) electrons. The van der Waals surface area contributed by atoms with Crippen LogP contribution in [-0.4, -0.2) is 87.5 Å². The van der Waals surface area contributed by atoms with E-state index in [0.29, 0.717) is 66.0 Å². The van der Waals surface area contributed by atoms with E-state index < -0.39 is 30.1 Å². The molecule has 203 valence electrons. The van der Waals surface area contributed by atoms with Crippen molar-refractivity contribution in [1.82, 2.24) is 4.90 Å². The first-order valence-electron chi connectivity index (χ1n) is 11.9. The molecular weight excluding hydrogens is 608 g/mol. The maximum absolute atomic E-state index is 12.7. The molecule has 0 aromatic heterocycles. The Kier molecular flexibility index (Phi) is 11.2. The summed E-state index contributed by atoms with van der Waals surface area (Å²) in [5, 5.41) is 0. The number of allylic oxidation sites excluding steroid dienone is 2. The molecule has 37 heavy (non-hydrogen) atoms. The van der Waals surface area contributed by atoms with E-state index in [1.807, 2.05) is 19.9 Å². The average Bonchev–Trinajstić information content (AvgIpc) is 3.25. The van der Waals surface area contributed by atoms with E-state index in [-0.39, 0.29) is 19.0 Å². The van der Waals surface area contributed by atoms with Gasteiger partial charge in [-0.15, -0.1) is 0 Å². The Morgan fingerprint density at radius 1 is 1.19 bits per heavy atom. The van der Waals surface area contributed by atoms with Crippen molar-refractivity contribution in [3.63, 3.8) is 0 Å². The van der Waals surface area contributed by atoms with Gasteiger partial charge in [-0.3, -0.25) is 0 Å². The number of nitrogens with zero attached hydrogens (tertiary/aromatic N) is 1. The van der Waals surface area contributed by atoms with Gasteiger partial charge in [0.1, 0.15) is 0 Å². The van der Waals surface area contributed by atoms with Crippen LogP contribution in [0.1, 0.15) is 46.8 Å².